The van der Waals surface area contributed by atoms with E-state index in [0.717, 1.165) is 30.2 Å². The Morgan fingerprint density at radius 2 is 2.21 bits per heavy atom. The summed E-state index contributed by atoms with van der Waals surface area (Å²) in [5, 5.41) is 0.600. The van der Waals surface area contributed by atoms with E-state index in [9.17, 15) is 0 Å². The van der Waals surface area contributed by atoms with Crippen LogP contribution in [0.3, 0.4) is 0 Å². The van der Waals surface area contributed by atoms with Crippen LogP contribution < -0.4 is 10.5 Å². The van der Waals surface area contributed by atoms with E-state index in [4.69, 9.17) is 22.1 Å². The Bertz CT molecular complexity index is 461. The Hall–Kier alpha value is -1.07. The number of benzene rings is 1. The van der Waals surface area contributed by atoms with E-state index in [1.165, 1.54) is 0 Å². The molecule has 1 fully saturated rings. The van der Waals surface area contributed by atoms with Gasteiger partial charge >= 0.3 is 0 Å². The van der Waals surface area contributed by atoms with E-state index < -0.39 is 0 Å². The van der Waals surface area contributed by atoms with Crippen LogP contribution >= 0.6 is 23.4 Å². The van der Waals surface area contributed by atoms with Crippen molar-refractivity contribution in [2.45, 2.75) is 6.54 Å². The van der Waals surface area contributed by atoms with Crippen molar-refractivity contribution in [3.63, 3.8) is 0 Å². The number of thioether (sulfide) groups is 1. The van der Waals surface area contributed by atoms with Crippen LogP contribution in [0.1, 0.15) is 5.56 Å². The number of halogens is 1. The molecule has 0 radical (unpaired) electrons. The molecule has 1 aromatic rings. The highest BCUT2D eigenvalue weighted by atomic mass is 35.5. The number of nitrogens with zero attached hydrogens (tertiary/aromatic N) is 2. The third-order valence-electron chi connectivity index (χ3n) is 2.97. The molecule has 104 valence electrons. The van der Waals surface area contributed by atoms with Crippen LogP contribution in [0, 0.1) is 0 Å². The molecule has 2 rings (SSSR count). The molecule has 0 unspecified atom stereocenters. The lowest BCUT2D eigenvalue weighted by atomic mass is 10.2. The lowest BCUT2D eigenvalue weighted by Gasteiger charge is -2.27. The quantitative estimate of drug-likeness (QED) is 0.687. The van der Waals surface area contributed by atoms with Gasteiger partial charge in [0.15, 0.2) is 5.96 Å². The van der Waals surface area contributed by atoms with Gasteiger partial charge in [-0.3, -0.25) is 0 Å². The zero-order valence-electron chi connectivity index (χ0n) is 10.9. The number of hydrogen-bond donors (Lipinski definition) is 1. The van der Waals surface area contributed by atoms with E-state index >= 15 is 0 Å². The van der Waals surface area contributed by atoms with Gasteiger partial charge in [-0.05, 0) is 17.7 Å². The first-order valence-corrected chi connectivity index (χ1v) is 7.69. The highest BCUT2D eigenvalue weighted by Gasteiger charge is 2.12. The fraction of sp³-hybridized carbons (Fsp3) is 0.462. The van der Waals surface area contributed by atoms with E-state index in [2.05, 4.69) is 9.89 Å². The summed E-state index contributed by atoms with van der Waals surface area (Å²) in [5.74, 6) is 3.53. The number of guanidine groups is 1. The summed E-state index contributed by atoms with van der Waals surface area (Å²) in [6.07, 6.45) is 0. The Kier molecular flexibility index (Phi) is 5.22. The molecule has 0 atom stereocenters. The van der Waals surface area contributed by atoms with Crippen molar-refractivity contribution in [3.8, 4) is 5.75 Å². The molecule has 0 amide bonds. The average molecular weight is 300 g/mol. The maximum Gasteiger partial charge on any atom is 0.191 e. The van der Waals surface area contributed by atoms with Crippen LogP contribution in [0.5, 0.6) is 5.75 Å². The molecule has 0 aromatic heterocycles. The van der Waals surface area contributed by atoms with Gasteiger partial charge in [0.05, 0.1) is 18.7 Å². The summed E-state index contributed by atoms with van der Waals surface area (Å²) in [5.41, 5.74) is 7.03. The second-order valence-electron chi connectivity index (χ2n) is 4.24. The molecular formula is C13H18ClN3OS. The van der Waals surface area contributed by atoms with Crippen molar-refractivity contribution >= 4 is 29.3 Å². The Morgan fingerprint density at radius 3 is 2.84 bits per heavy atom. The molecule has 19 heavy (non-hydrogen) atoms. The van der Waals surface area contributed by atoms with Crippen molar-refractivity contribution in [1.29, 1.82) is 0 Å². The zero-order chi connectivity index (χ0) is 13.7. The summed E-state index contributed by atoms with van der Waals surface area (Å²) in [4.78, 5) is 6.55. The monoisotopic (exact) mass is 299 g/mol. The average Bonchev–Trinajstić information content (AvgIpc) is 2.46. The van der Waals surface area contributed by atoms with Gasteiger partial charge in [-0.2, -0.15) is 11.8 Å². The molecule has 0 bridgehead atoms. The Morgan fingerprint density at radius 1 is 1.47 bits per heavy atom. The highest BCUT2D eigenvalue weighted by Crippen LogP contribution is 2.25. The van der Waals surface area contributed by atoms with Crippen molar-refractivity contribution in [2.75, 3.05) is 31.7 Å². The van der Waals surface area contributed by atoms with Gasteiger partial charge in [0, 0.05) is 24.6 Å². The number of aliphatic imine (C=N–C) groups is 1. The van der Waals surface area contributed by atoms with Gasteiger partial charge in [-0.15, -0.1) is 0 Å². The van der Waals surface area contributed by atoms with Crippen LogP contribution in [0.25, 0.3) is 0 Å². The van der Waals surface area contributed by atoms with E-state index in [-0.39, 0.29) is 0 Å². The van der Waals surface area contributed by atoms with Gasteiger partial charge < -0.3 is 15.4 Å². The van der Waals surface area contributed by atoms with E-state index in [1.807, 2.05) is 30.0 Å². The summed E-state index contributed by atoms with van der Waals surface area (Å²) in [7, 11) is 1.60. The predicted octanol–water partition coefficient (Wildman–Crippen LogP) is 2.21. The second kappa shape index (κ2) is 6.91. The van der Waals surface area contributed by atoms with Crippen molar-refractivity contribution in [2.24, 2.45) is 10.7 Å². The fourth-order valence-corrected chi connectivity index (χ4v) is 3.06. The number of hydrogen-bond acceptors (Lipinski definition) is 3. The minimum atomic E-state index is 0.541. The van der Waals surface area contributed by atoms with Gasteiger partial charge in [0.25, 0.3) is 0 Å². The standard InChI is InChI=1S/C13H18ClN3OS/c1-18-12-3-2-10(8-11(12)14)9-16-13(15)17-4-6-19-7-5-17/h2-3,8H,4-7,9H2,1H3,(H2,15,16). The maximum atomic E-state index is 6.08. The molecular weight excluding hydrogens is 282 g/mol. The number of methoxy groups -OCH3 is 1. The first kappa shape index (κ1) is 14.3. The number of ether oxygens (including phenoxy) is 1. The molecule has 6 heteroatoms. The fourth-order valence-electron chi connectivity index (χ4n) is 1.87. The molecule has 1 aliphatic heterocycles. The van der Waals surface area contributed by atoms with Crippen LogP contribution in [0.4, 0.5) is 0 Å². The van der Waals surface area contributed by atoms with Gasteiger partial charge in [0.1, 0.15) is 5.75 Å². The van der Waals surface area contributed by atoms with Gasteiger partial charge in [-0.25, -0.2) is 4.99 Å². The van der Waals surface area contributed by atoms with E-state index in [0.29, 0.717) is 23.3 Å². The highest BCUT2D eigenvalue weighted by molar-refractivity contribution is 7.99. The SMILES string of the molecule is COc1ccc(CN=C(N)N2CCSCC2)cc1Cl. The van der Waals surface area contributed by atoms with E-state index in [1.54, 1.807) is 7.11 Å². The summed E-state index contributed by atoms with van der Waals surface area (Å²) in [6, 6.07) is 5.66. The minimum Gasteiger partial charge on any atom is -0.495 e. The predicted molar refractivity (Wildman–Crippen MR) is 82.2 cm³/mol. The third-order valence-corrected chi connectivity index (χ3v) is 4.21. The second-order valence-corrected chi connectivity index (χ2v) is 5.87. The van der Waals surface area contributed by atoms with Crippen molar-refractivity contribution < 1.29 is 4.74 Å². The van der Waals surface area contributed by atoms with Crippen molar-refractivity contribution in [1.82, 2.24) is 4.90 Å². The molecule has 4 nitrogen and oxygen atoms in total. The van der Waals surface area contributed by atoms with Crippen LogP contribution in [0.2, 0.25) is 5.02 Å². The molecule has 1 aliphatic rings. The molecule has 2 N–H and O–H groups in total. The lowest BCUT2D eigenvalue weighted by molar-refractivity contribution is 0.415. The first-order chi connectivity index (χ1) is 9.20. The lowest BCUT2D eigenvalue weighted by Crippen LogP contribution is -2.42. The van der Waals surface area contributed by atoms with Crippen LogP contribution in [-0.2, 0) is 6.54 Å². The normalized spacial score (nSPS) is 16.5. The third kappa shape index (κ3) is 3.94. The Balaban J connectivity index is 1.98. The molecule has 0 saturated carbocycles. The molecule has 1 saturated heterocycles. The summed E-state index contributed by atoms with van der Waals surface area (Å²) in [6.45, 7) is 2.49. The molecule has 0 aliphatic carbocycles. The largest absolute Gasteiger partial charge is 0.495 e. The molecule has 1 aromatic carbocycles. The Labute approximate surface area is 123 Å². The van der Waals surface area contributed by atoms with Gasteiger partial charge in [-0.1, -0.05) is 17.7 Å². The van der Waals surface area contributed by atoms with Crippen molar-refractivity contribution in [3.05, 3.63) is 28.8 Å². The van der Waals surface area contributed by atoms with Crippen LogP contribution in [-0.4, -0.2) is 42.6 Å². The minimum absolute atomic E-state index is 0.541. The van der Waals surface area contributed by atoms with Crippen LogP contribution in [0.15, 0.2) is 23.2 Å². The topological polar surface area (TPSA) is 50.9 Å². The number of nitrogens with two attached hydrogens (primary N) is 1. The smallest absolute Gasteiger partial charge is 0.191 e. The van der Waals surface area contributed by atoms with Gasteiger partial charge in [0.2, 0.25) is 0 Å². The molecule has 1 heterocycles. The molecule has 0 spiro atoms. The maximum absolute atomic E-state index is 6.08. The number of rotatable bonds is 3. The summed E-state index contributed by atoms with van der Waals surface area (Å²) >= 11 is 8.03. The zero-order valence-corrected chi connectivity index (χ0v) is 12.5. The first-order valence-electron chi connectivity index (χ1n) is 6.15. The summed E-state index contributed by atoms with van der Waals surface area (Å²) < 4.78 is 5.12.